The largest absolute Gasteiger partial charge is 0.461 e. The van der Waals surface area contributed by atoms with Crippen LogP contribution >= 0.6 is 0 Å². The fourth-order valence-corrected chi connectivity index (χ4v) is 2.60. The molecular weight excluding hydrogens is 346 g/mol. The molecule has 4 rings (SSSR count). The van der Waals surface area contributed by atoms with Crippen molar-refractivity contribution in [3.8, 4) is 11.6 Å². The molecule has 0 aliphatic carbocycles. The zero-order valence-electron chi connectivity index (χ0n) is 14.4. The maximum Gasteiger partial charge on any atom is 0.226 e. The molecule has 0 bridgehead atoms. The van der Waals surface area contributed by atoms with Crippen LogP contribution < -0.4 is 5.32 Å². The first-order valence-electron chi connectivity index (χ1n) is 8.45. The van der Waals surface area contributed by atoms with E-state index in [9.17, 15) is 4.79 Å². The molecule has 0 aliphatic heterocycles. The molecule has 0 amide bonds. The molecule has 136 valence electrons. The number of carbonyl (C=O) groups excluding carboxylic acids is 1. The Morgan fingerprint density at radius 2 is 2.07 bits per heavy atom. The summed E-state index contributed by atoms with van der Waals surface area (Å²) < 4.78 is 12.5. The highest BCUT2D eigenvalue weighted by molar-refractivity contribution is 5.84. The standard InChI is InChI=1S/C19H17N5O3/c25-12-15-11-21-19(20-8-10-26-13-14-5-2-1-3-6-14)24-18(15)22-17(23-24)16-7-4-9-27-16/h1-7,9,11-12H,8,10,13H2,(H,20,21). The Labute approximate surface area is 154 Å². The van der Waals surface area contributed by atoms with Crippen molar-refractivity contribution in [1.82, 2.24) is 19.6 Å². The second-order valence-electron chi connectivity index (χ2n) is 5.77. The number of aromatic nitrogens is 4. The summed E-state index contributed by atoms with van der Waals surface area (Å²) in [7, 11) is 0. The van der Waals surface area contributed by atoms with Gasteiger partial charge < -0.3 is 14.5 Å². The Morgan fingerprint density at radius 1 is 1.19 bits per heavy atom. The summed E-state index contributed by atoms with van der Waals surface area (Å²) >= 11 is 0. The van der Waals surface area contributed by atoms with E-state index < -0.39 is 0 Å². The van der Waals surface area contributed by atoms with Crippen molar-refractivity contribution in [3.05, 3.63) is 66.1 Å². The number of hydrogen-bond acceptors (Lipinski definition) is 7. The number of fused-ring (bicyclic) bond motifs is 1. The monoisotopic (exact) mass is 363 g/mol. The van der Waals surface area contributed by atoms with Gasteiger partial charge in [-0.15, -0.1) is 5.10 Å². The molecule has 0 spiro atoms. The van der Waals surface area contributed by atoms with Gasteiger partial charge in [-0.05, 0) is 17.7 Å². The Bertz CT molecular complexity index is 1030. The fourth-order valence-electron chi connectivity index (χ4n) is 2.60. The summed E-state index contributed by atoms with van der Waals surface area (Å²) in [6, 6.07) is 13.5. The summed E-state index contributed by atoms with van der Waals surface area (Å²) in [5, 5.41) is 7.56. The average Bonchev–Trinajstić information content (AvgIpc) is 3.38. The van der Waals surface area contributed by atoms with E-state index in [-0.39, 0.29) is 0 Å². The molecule has 8 nitrogen and oxygen atoms in total. The van der Waals surface area contributed by atoms with Crippen LogP contribution in [-0.4, -0.2) is 39.0 Å². The quantitative estimate of drug-likeness (QED) is 0.380. The van der Waals surface area contributed by atoms with Crippen molar-refractivity contribution in [1.29, 1.82) is 0 Å². The van der Waals surface area contributed by atoms with Crippen molar-refractivity contribution < 1.29 is 13.9 Å². The molecule has 8 heteroatoms. The number of nitrogens with zero attached hydrogens (tertiary/aromatic N) is 4. The second kappa shape index (κ2) is 7.79. The van der Waals surface area contributed by atoms with Gasteiger partial charge in [-0.25, -0.2) is 9.97 Å². The first kappa shape index (κ1) is 16.9. The molecule has 0 radical (unpaired) electrons. The molecule has 3 heterocycles. The normalized spacial score (nSPS) is 11.0. The minimum Gasteiger partial charge on any atom is -0.461 e. The summed E-state index contributed by atoms with van der Waals surface area (Å²) in [6.45, 7) is 1.57. The molecule has 0 saturated carbocycles. The average molecular weight is 363 g/mol. The minimum atomic E-state index is 0.353. The smallest absolute Gasteiger partial charge is 0.226 e. The van der Waals surface area contributed by atoms with E-state index in [1.165, 1.54) is 10.7 Å². The van der Waals surface area contributed by atoms with Gasteiger partial charge in [0.1, 0.15) is 0 Å². The van der Waals surface area contributed by atoms with Crippen LogP contribution in [0, 0.1) is 0 Å². The van der Waals surface area contributed by atoms with Crippen molar-refractivity contribution in [2.45, 2.75) is 6.61 Å². The fraction of sp³-hybridized carbons (Fsp3) is 0.158. The third-order valence-electron chi connectivity index (χ3n) is 3.90. The van der Waals surface area contributed by atoms with E-state index in [2.05, 4.69) is 20.4 Å². The first-order chi connectivity index (χ1) is 13.3. The lowest BCUT2D eigenvalue weighted by Crippen LogP contribution is -2.14. The Morgan fingerprint density at radius 3 is 2.85 bits per heavy atom. The zero-order valence-corrected chi connectivity index (χ0v) is 14.4. The number of anilines is 1. The van der Waals surface area contributed by atoms with Gasteiger partial charge in [0.25, 0.3) is 0 Å². The van der Waals surface area contributed by atoms with Gasteiger partial charge in [-0.1, -0.05) is 30.3 Å². The molecule has 1 aromatic carbocycles. The molecule has 27 heavy (non-hydrogen) atoms. The van der Waals surface area contributed by atoms with Gasteiger partial charge >= 0.3 is 0 Å². The van der Waals surface area contributed by atoms with Gasteiger partial charge in [-0.2, -0.15) is 4.52 Å². The van der Waals surface area contributed by atoms with Crippen molar-refractivity contribution in [2.75, 3.05) is 18.5 Å². The first-order valence-corrected chi connectivity index (χ1v) is 8.45. The van der Waals surface area contributed by atoms with E-state index in [4.69, 9.17) is 9.15 Å². The Hall–Kier alpha value is -3.52. The highest BCUT2D eigenvalue weighted by Crippen LogP contribution is 2.19. The number of ether oxygens (including phenoxy) is 1. The van der Waals surface area contributed by atoms with E-state index in [0.29, 0.717) is 54.8 Å². The van der Waals surface area contributed by atoms with E-state index in [1.807, 2.05) is 30.3 Å². The maximum absolute atomic E-state index is 11.3. The number of rotatable bonds is 8. The number of carbonyl (C=O) groups is 1. The number of hydrogen-bond donors (Lipinski definition) is 1. The van der Waals surface area contributed by atoms with Crippen molar-refractivity contribution in [2.24, 2.45) is 0 Å². The van der Waals surface area contributed by atoms with Crippen LogP contribution in [0.5, 0.6) is 0 Å². The van der Waals surface area contributed by atoms with Gasteiger partial charge in [0.2, 0.25) is 11.8 Å². The van der Waals surface area contributed by atoms with E-state index in [1.54, 1.807) is 18.4 Å². The lowest BCUT2D eigenvalue weighted by atomic mass is 10.2. The third kappa shape index (κ3) is 3.70. The molecule has 1 N–H and O–H groups in total. The van der Waals surface area contributed by atoms with Crippen LogP contribution in [0.15, 0.2) is 59.3 Å². The van der Waals surface area contributed by atoms with Crippen LogP contribution in [0.3, 0.4) is 0 Å². The van der Waals surface area contributed by atoms with Crippen LogP contribution in [0.2, 0.25) is 0 Å². The van der Waals surface area contributed by atoms with Crippen LogP contribution in [0.1, 0.15) is 15.9 Å². The molecule has 0 atom stereocenters. The Balaban J connectivity index is 1.46. The SMILES string of the molecule is O=Cc1cnc(NCCOCc2ccccc2)n2nc(-c3ccco3)nc12. The molecule has 0 aliphatic rings. The number of furan rings is 1. The summed E-state index contributed by atoms with van der Waals surface area (Å²) in [5.74, 6) is 1.39. The lowest BCUT2D eigenvalue weighted by Gasteiger charge is -2.08. The topological polar surface area (TPSA) is 94.5 Å². The minimum absolute atomic E-state index is 0.353. The molecule has 4 aromatic rings. The number of nitrogens with one attached hydrogen (secondary N) is 1. The van der Waals surface area contributed by atoms with Crippen LogP contribution in [0.25, 0.3) is 17.2 Å². The van der Waals surface area contributed by atoms with Crippen molar-refractivity contribution in [3.63, 3.8) is 0 Å². The highest BCUT2D eigenvalue weighted by atomic mass is 16.5. The van der Waals surface area contributed by atoms with Gasteiger partial charge in [0.15, 0.2) is 17.7 Å². The third-order valence-corrected chi connectivity index (χ3v) is 3.90. The molecular formula is C19H17N5O3. The van der Waals surface area contributed by atoms with E-state index in [0.717, 1.165) is 5.56 Å². The molecule has 3 aromatic heterocycles. The lowest BCUT2D eigenvalue weighted by molar-refractivity contribution is 0.112. The van der Waals surface area contributed by atoms with Crippen LogP contribution in [0.4, 0.5) is 5.95 Å². The van der Waals surface area contributed by atoms with Gasteiger partial charge in [0.05, 0.1) is 25.0 Å². The summed E-state index contributed by atoms with van der Waals surface area (Å²) in [4.78, 5) is 19.9. The predicted octanol–water partition coefficient (Wildman–Crippen LogP) is 2.83. The second-order valence-corrected chi connectivity index (χ2v) is 5.77. The Kier molecular flexibility index (Phi) is 4.88. The zero-order chi connectivity index (χ0) is 18.5. The maximum atomic E-state index is 11.3. The van der Waals surface area contributed by atoms with E-state index >= 15 is 0 Å². The highest BCUT2D eigenvalue weighted by Gasteiger charge is 2.15. The number of aldehydes is 1. The summed E-state index contributed by atoms with van der Waals surface area (Å²) in [5.41, 5.74) is 1.89. The summed E-state index contributed by atoms with van der Waals surface area (Å²) in [6.07, 6.45) is 3.72. The van der Waals surface area contributed by atoms with Crippen molar-refractivity contribution >= 4 is 17.9 Å². The molecule has 0 fully saturated rings. The van der Waals surface area contributed by atoms with Crippen LogP contribution in [-0.2, 0) is 11.3 Å². The molecule has 0 unspecified atom stereocenters. The predicted molar refractivity (Wildman–Crippen MR) is 98.5 cm³/mol. The van der Waals surface area contributed by atoms with Gasteiger partial charge in [0, 0.05) is 12.7 Å². The molecule has 0 saturated heterocycles. The number of benzene rings is 1. The van der Waals surface area contributed by atoms with Gasteiger partial charge in [-0.3, -0.25) is 4.79 Å².